The van der Waals surface area contributed by atoms with Crippen molar-refractivity contribution in [1.82, 2.24) is 15.2 Å². The number of hydrogen-bond acceptors (Lipinski definition) is 6. The van der Waals surface area contributed by atoms with Crippen molar-refractivity contribution >= 4 is 17.5 Å². The van der Waals surface area contributed by atoms with Gasteiger partial charge in [0.25, 0.3) is 11.8 Å². The third-order valence-corrected chi connectivity index (χ3v) is 7.71. The van der Waals surface area contributed by atoms with Crippen molar-refractivity contribution in [3.05, 3.63) is 53.2 Å². The topological polar surface area (TPSA) is 101 Å². The van der Waals surface area contributed by atoms with E-state index in [1.165, 1.54) is 6.20 Å². The molecule has 5 rings (SSSR count). The third-order valence-electron chi connectivity index (χ3n) is 7.71. The van der Waals surface area contributed by atoms with Gasteiger partial charge >= 0.3 is 6.18 Å². The lowest BCUT2D eigenvalue weighted by Gasteiger charge is -2.57. The Bertz CT molecular complexity index is 1180. The molecule has 2 aromatic rings. The SMILES string of the molecule is CN1CCN(c2cc(C(=O)NC3CC4(C3)CC(Oc3ncccc3C(N)=O)C4)cc(C(F)(F)F)c2)CC1. The molecule has 0 atom stereocenters. The summed E-state index contributed by atoms with van der Waals surface area (Å²) in [6.45, 7) is 2.70. The van der Waals surface area contributed by atoms with Gasteiger partial charge in [-0.05, 0) is 68.5 Å². The number of benzene rings is 1. The maximum Gasteiger partial charge on any atom is 0.416 e. The molecule has 37 heavy (non-hydrogen) atoms. The Balaban J connectivity index is 1.18. The number of carbonyl (C=O) groups excluding carboxylic acids is 2. The van der Waals surface area contributed by atoms with Gasteiger partial charge in [0.15, 0.2) is 0 Å². The van der Waals surface area contributed by atoms with E-state index in [1.54, 1.807) is 18.2 Å². The molecule has 1 saturated heterocycles. The lowest BCUT2D eigenvalue weighted by molar-refractivity contribution is -0.137. The highest BCUT2D eigenvalue weighted by Crippen LogP contribution is 2.56. The number of carbonyl (C=O) groups is 2. The number of likely N-dealkylation sites (N-methyl/N-ethyl adjacent to an activating group) is 1. The number of nitrogens with one attached hydrogen (secondary N) is 1. The van der Waals surface area contributed by atoms with Crippen LogP contribution in [0.15, 0.2) is 36.5 Å². The van der Waals surface area contributed by atoms with Crippen LogP contribution in [-0.4, -0.2) is 67.1 Å². The van der Waals surface area contributed by atoms with Crippen LogP contribution in [0.3, 0.4) is 0 Å². The fourth-order valence-electron chi connectivity index (χ4n) is 5.66. The molecule has 2 saturated carbocycles. The van der Waals surface area contributed by atoms with Crippen molar-refractivity contribution in [3.8, 4) is 5.88 Å². The number of hydrogen-bond donors (Lipinski definition) is 2. The first-order valence-electron chi connectivity index (χ1n) is 12.4. The highest BCUT2D eigenvalue weighted by molar-refractivity contribution is 5.96. The van der Waals surface area contributed by atoms with E-state index in [0.29, 0.717) is 18.8 Å². The van der Waals surface area contributed by atoms with Gasteiger partial charge in [-0.2, -0.15) is 13.2 Å². The third kappa shape index (κ3) is 5.36. The van der Waals surface area contributed by atoms with E-state index in [1.807, 2.05) is 11.9 Å². The second kappa shape index (κ2) is 9.51. The zero-order valence-corrected chi connectivity index (χ0v) is 20.6. The first-order valence-corrected chi connectivity index (χ1v) is 12.4. The summed E-state index contributed by atoms with van der Waals surface area (Å²) in [5.41, 5.74) is 5.27. The number of rotatable bonds is 6. The van der Waals surface area contributed by atoms with Crippen LogP contribution >= 0.6 is 0 Å². The molecule has 8 nitrogen and oxygen atoms in total. The maximum atomic E-state index is 13.6. The molecule has 3 fully saturated rings. The van der Waals surface area contributed by atoms with Crippen LogP contribution in [0.1, 0.15) is 52.0 Å². The zero-order valence-electron chi connectivity index (χ0n) is 20.6. The van der Waals surface area contributed by atoms with E-state index in [4.69, 9.17) is 10.5 Å². The van der Waals surface area contributed by atoms with Crippen LogP contribution < -0.4 is 20.7 Å². The molecule has 3 aliphatic rings. The lowest BCUT2D eigenvalue weighted by atomic mass is 9.53. The molecular weight excluding hydrogens is 487 g/mol. The number of pyridine rings is 1. The van der Waals surface area contributed by atoms with Gasteiger partial charge in [-0.25, -0.2) is 4.98 Å². The zero-order chi connectivity index (χ0) is 26.4. The number of alkyl halides is 3. The average molecular weight is 518 g/mol. The first-order chi connectivity index (χ1) is 17.5. The second-order valence-electron chi connectivity index (χ2n) is 10.5. The van der Waals surface area contributed by atoms with E-state index in [9.17, 15) is 22.8 Å². The maximum absolute atomic E-state index is 13.6. The number of anilines is 1. The molecule has 0 radical (unpaired) electrons. The van der Waals surface area contributed by atoms with Crippen molar-refractivity contribution in [1.29, 1.82) is 0 Å². The largest absolute Gasteiger partial charge is 0.474 e. The molecule has 0 bridgehead atoms. The summed E-state index contributed by atoms with van der Waals surface area (Å²) < 4.78 is 46.7. The second-order valence-corrected chi connectivity index (χ2v) is 10.5. The molecular formula is C26H30F3N5O3. The van der Waals surface area contributed by atoms with Gasteiger partial charge in [0.05, 0.1) is 5.56 Å². The highest BCUT2D eigenvalue weighted by Gasteiger charge is 2.54. The number of piperazine rings is 1. The van der Waals surface area contributed by atoms with Crippen molar-refractivity contribution in [3.63, 3.8) is 0 Å². The van der Waals surface area contributed by atoms with Crippen molar-refractivity contribution in [2.75, 3.05) is 38.1 Å². The van der Waals surface area contributed by atoms with Crippen LogP contribution in [0, 0.1) is 5.41 Å². The summed E-state index contributed by atoms with van der Waals surface area (Å²) in [7, 11) is 1.97. The Labute approximate surface area is 213 Å². The number of ether oxygens (including phenoxy) is 1. The van der Waals surface area contributed by atoms with Crippen LogP contribution in [0.5, 0.6) is 5.88 Å². The molecule has 1 aliphatic heterocycles. The average Bonchev–Trinajstić information content (AvgIpc) is 2.81. The summed E-state index contributed by atoms with van der Waals surface area (Å²) in [5, 5.41) is 2.91. The predicted octanol–water partition coefficient (Wildman–Crippen LogP) is 3.07. The van der Waals surface area contributed by atoms with Crippen LogP contribution in [0.25, 0.3) is 0 Å². The summed E-state index contributed by atoms with van der Waals surface area (Å²) in [5.74, 6) is -0.873. The van der Waals surface area contributed by atoms with E-state index < -0.39 is 23.6 Å². The number of amides is 2. The summed E-state index contributed by atoms with van der Waals surface area (Å²) in [6.07, 6.45) is -0.132. The van der Waals surface area contributed by atoms with Gasteiger partial charge in [-0.3, -0.25) is 9.59 Å². The molecule has 198 valence electrons. The number of nitrogens with two attached hydrogens (primary N) is 1. The molecule has 1 aromatic carbocycles. The standard InChI is InChI=1S/C26H30F3N5O3/c1-33-5-7-34(8-6-33)19-10-16(9-17(11-19)26(27,28)29)23(36)32-18-12-25(13-18)14-20(15-25)37-24-21(22(30)35)3-2-4-31-24/h2-4,9-11,18,20H,5-8,12-15H2,1H3,(H2,30,35)(H,32,36). The number of halogens is 3. The Morgan fingerprint density at radius 3 is 2.46 bits per heavy atom. The van der Waals surface area contributed by atoms with Crippen LogP contribution in [0.2, 0.25) is 0 Å². The van der Waals surface area contributed by atoms with Gasteiger partial charge in [0.1, 0.15) is 11.7 Å². The molecule has 2 aliphatic carbocycles. The summed E-state index contributed by atoms with van der Waals surface area (Å²) >= 11 is 0. The quantitative estimate of drug-likeness (QED) is 0.611. The van der Waals surface area contributed by atoms with Gasteiger partial charge < -0.3 is 25.6 Å². The van der Waals surface area contributed by atoms with Gasteiger partial charge in [0, 0.05) is 49.7 Å². The van der Waals surface area contributed by atoms with Crippen LogP contribution in [0.4, 0.5) is 18.9 Å². The van der Waals surface area contributed by atoms with E-state index in [-0.39, 0.29) is 34.6 Å². The molecule has 1 aromatic heterocycles. The van der Waals surface area contributed by atoms with Crippen molar-refractivity contribution in [2.45, 2.75) is 44.0 Å². The summed E-state index contributed by atoms with van der Waals surface area (Å²) in [4.78, 5) is 32.6. The molecule has 0 unspecified atom stereocenters. The monoisotopic (exact) mass is 517 g/mol. The van der Waals surface area contributed by atoms with Gasteiger partial charge in [-0.1, -0.05) is 0 Å². The number of aromatic nitrogens is 1. The van der Waals surface area contributed by atoms with Gasteiger partial charge in [0.2, 0.25) is 5.88 Å². The lowest BCUT2D eigenvalue weighted by Crippen LogP contribution is -2.58. The minimum atomic E-state index is -4.54. The highest BCUT2D eigenvalue weighted by atomic mass is 19.4. The van der Waals surface area contributed by atoms with Crippen LogP contribution in [-0.2, 0) is 6.18 Å². The summed E-state index contributed by atoms with van der Waals surface area (Å²) in [6, 6.07) is 6.69. The first kappa shape index (κ1) is 25.3. The molecule has 1 spiro atoms. The van der Waals surface area contributed by atoms with Crippen molar-refractivity contribution in [2.24, 2.45) is 11.1 Å². The fourth-order valence-corrected chi connectivity index (χ4v) is 5.66. The minimum absolute atomic E-state index is 0.0219. The van der Waals surface area contributed by atoms with Crippen molar-refractivity contribution < 1.29 is 27.5 Å². The predicted molar refractivity (Wildman–Crippen MR) is 130 cm³/mol. The Morgan fingerprint density at radius 1 is 1.11 bits per heavy atom. The molecule has 11 heteroatoms. The van der Waals surface area contributed by atoms with E-state index in [2.05, 4.69) is 15.2 Å². The Morgan fingerprint density at radius 2 is 1.81 bits per heavy atom. The molecule has 2 amide bonds. The normalized spacial score (nSPS) is 25.8. The molecule has 2 heterocycles. The Hall–Kier alpha value is -3.34. The number of nitrogens with zero attached hydrogens (tertiary/aromatic N) is 3. The molecule has 3 N–H and O–H groups in total. The number of primary amides is 1. The van der Waals surface area contributed by atoms with E-state index in [0.717, 1.165) is 50.9 Å². The van der Waals surface area contributed by atoms with E-state index >= 15 is 0 Å². The minimum Gasteiger partial charge on any atom is -0.474 e. The fraction of sp³-hybridized carbons (Fsp3) is 0.500. The van der Waals surface area contributed by atoms with Gasteiger partial charge in [-0.15, -0.1) is 0 Å². The Kier molecular flexibility index (Phi) is 6.51. The smallest absolute Gasteiger partial charge is 0.416 e.